The molecule has 2 heterocycles. The van der Waals surface area contributed by atoms with Crippen LogP contribution < -0.4 is 15.0 Å². The third-order valence-corrected chi connectivity index (χ3v) is 4.62. The molecule has 1 N–H and O–H groups in total. The van der Waals surface area contributed by atoms with Crippen LogP contribution in [0.25, 0.3) is 0 Å². The van der Waals surface area contributed by atoms with Gasteiger partial charge < -0.3 is 15.0 Å². The summed E-state index contributed by atoms with van der Waals surface area (Å²) in [5.41, 5.74) is 0.300. The third kappa shape index (κ3) is 5.37. The Bertz CT molecular complexity index is 801. The number of ether oxygens (including phenoxy) is 1. The molecule has 2 aromatic rings. The molecule has 1 aromatic carbocycles. The molecule has 0 bridgehead atoms. The fourth-order valence-electron chi connectivity index (χ4n) is 3.12. The van der Waals surface area contributed by atoms with E-state index in [0.29, 0.717) is 37.5 Å². The smallest absolute Gasteiger partial charge is 0.417 e. The average molecular weight is 393 g/mol. The van der Waals surface area contributed by atoms with Gasteiger partial charge in [0.2, 0.25) is 0 Å². The van der Waals surface area contributed by atoms with Gasteiger partial charge in [0.15, 0.2) is 6.61 Å². The van der Waals surface area contributed by atoms with Gasteiger partial charge in [0.25, 0.3) is 5.91 Å². The van der Waals surface area contributed by atoms with Crippen LogP contribution >= 0.6 is 0 Å². The molecular weight excluding hydrogens is 371 g/mol. The molecule has 0 saturated carbocycles. The number of alkyl halides is 3. The summed E-state index contributed by atoms with van der Waals surface area (Å²) in [4.78, 5) is 17.9. The van der Waals surface area contributed by atoms with Crippen LogP contribution in [0.3, 0.4) is 0 Å². The highest BCUT2D eigenvalue weighted by molar-refractivity contribution is 5.77. The number of piperidine rings is 1. The van der Waals surface area contributed by atoms with Gasteiger partial charge in [0.05, 0.1) is 5.56 Å². The lowest BCUT2D eigenvalue weighted by Gasteiger charge is -2.33. The highest BCUT2D eigenvalue weighted by atomic mass is 19.4. The maximum Gasteiger partial charge on any atom is 0.417 e. The summed E-state index contributed by atoms with van der Waals surface area (Å²) in [5.74, 6) is 0.978. The van der Waals surface area contributed by atoms with Crippen molar-refractivity contribution in [1.82, 2.24) is 10.3 Å². The van der Waals surface area contributed by atoms with Gasteiger partial charge in [-0.3, -0.25) is 4.79 Å². The highest BCUT2D eigenvalue weighted by Crippen LogP contribution is 2.29. The Morgan fingerprint density at radius 3 is 2.61 bits per heavy atom. The Balaban J connectivity index is 1.44. The van der Waals surface area contributed by atoms with E-state index in [9.17, 15) is 18.0 Å². The number of rotatable bonds is 5. The van der Waals surface area contributed by atoms with Crippen LogP contribution in [-0.4, -0.2) is 36.6 Å². The van der Waals surface area contributed by atoms with E-state index in [1.807, 2.05) is 30.0 Å². The summed E-state index contributed by atoms with van der Waals surface area (Å²) in [6.07, 6.45) is -2.15. The van der Waals surface area contributed by atoms with Crippen LogP contribution in [0.4, 0.5) is 19.0 Å². The normalized spacial score (nSPS) is 15.4. The van der Waals surface area contributed by atoms with E-state index in [4.69, 9.17) is 4.74 Å². The number of hydrogen-bond donors (Lipinski definition) is 1. The number of carbonyl (C=O) groups is 1. The Kier molecular flexibility index (Phi) is 6.06. The molecule has 1 amide bonds. The van der Waals surface area contributed by atoms with E-state index in [-0.39, 0.29) is 18.6 Å². The van der Waals surface area contributed by atoms with Gasteiger partial charge in [-0.05, 0) is 49.6 Å². The molecule has 1 aliphatic rings. The van der Waals surface area contributed by atoms with Crippen molar-refractivity contribution in [2.24, 2.45) is 0 Å². The van der Waals surface area contributed by atoms with Crippen molar-refractivity contribution in [2.45, 2.75) is 32.0 Å². The first-order valence-corrected chi connectivity index (χ1v) is 9.08. The van der Waals surface area contributed by atoms with Crippen LogP contribution in [0.5, 0.6) is 5.75 Å². The lowest BCUT2D eigenvalue weighted by Crippen LogP contribution is -2.46. The molecule has 1 aromatic heterocycles. The van der Waals surface area contributed by atoms with Crippen LogP contribution in [0.15, 0.2) is 42.6 Å². The third-order valence-electron chi connectivity index (χ3n) is 4.62. The van der Waals surface area contributed by atoms with Gasteiger partial charge in [-0.15, -0.1) is 0 Å². The molecule has 0 aliphatic carbocycles. The molecule has 28 heavy (non-hydrogen) atoms. The Hall–Kier alpha value is -2.77. The van der Waals surface area contributed by atoms with E-state index in [2.05, 4.69) is 10.3 Å². The monoisotopic (exact) mass is 393 g/mol. The number of pyridine rings is 1. The Labute approximate surface area is 161 Å². The number of aromatic nitrogens is 1. The summed E-state index contributed by atoms with van der Waals surface area (Å²) < 4.78 is 43.4. The number of nitrogens with one attached hydrogen (secondary N) is 1. The summed E-state index contributed by atoms with van der Waals surface area (Å²) in [6, 6.07) is 9.92. The minimum absolute atomic E-state index is 0.0132. The van der Waals surface area contributed by atoms with Gasteiger partial charge in [-0.25, -0.2) is 4.98 Å². The van der Waals surface area contributed by atoms with E-state index in [0.717, 1.165) is 17.8 Å². The predicted octanol–water partition coefficient (Wildman–Crippen LogP) is 3.57. The number of amides is 1. The second-order valence-corrected chi connectivity index (χ2v) is 6.84. The summed E-state index contributed by atoms with van der Waals surface area (Å²) in [6.45, 7) is 3.13. The number of anilines is 1. The summed E-state index contributed by atoms with van der Waals surface area (Å²) in [5, 5.41) is 2.94. The Morgan fingerprint density at radius 1 is 1.25 bits per heavy atom. The minimum Gasteiger partial charge on any atom is -0.484 e. The van der Waals surface area contributed by atoms with Crippen LogP contribution in [0.2, 0.25) is 0 Å². The number of halogens is 3. The van der Waals surface area contributed by atoms with Crippen molar-refractivity contribution in [3.63, 3.8) is 0 Å². The quantitative estimate of drug-likeness (QED) is 0.844. The number of carbonyl (C=O) groups excluding carboxylic acids is 1. The molecule has 0 radical (unpaired) electrons. The number of hydrogen-bond acceptors (Lipinski definition) is 4. The molecule has 1 fully saturated rings. The lowest BCUT2D eigenvalue weighted by molar-refractivity contribution is -0.137. The first-order valence-electron chi connectivity index (χ1n) is 9.08. The van der Waals surface area contributed by atoms with Crippen LogP contribution in [-0.2, 0) is 11.0 Å². The average Bonchev–Trinajstić information content (AvgIpc) is 2.67. The van der Waals surface area contributed by atoms with E-state index >= 15 is 0 Å². The number of aryl methyl sites for hydroxylation is 1. The molecule has 1 saturated heterocycles. The predicted molar refractivity (Wildman–Crippen MR) is 99.3 cm³/mol. The van der Waals surface area contributed by atoms with Crippen molar-refractivity contribution in [1.29, 1.82) is 0 Å². The van der Waals surface area contributed by atoms with Gasteiger partial charge in [0, 0.05) is 25.3 Å². The molecule has 5 nitrogen and oxygen atoms in total. The van der Waals surface area contributed by atoms with Crippen molar-refractivity contribution in [2.75, 3.05) is 24.6 Å². The van der Waals surface area contributed by atoms with Gasteiger partial charge in [-0.2, -0.15) is 13.2 Å². The first-order chi connectivity index (χ1) is 13.3. The van der Waals surface area contributed by atoms with Crippen molar-refractivity contribution >= 4 is 11.7 Å². The standard InChI is InChI=1S/C20H22F3N3O2/c1-14-3-2-4-17(11-14)28-13-19(27)25-16-7-9-26(10-8-16)18-6-5-15(12-24-18)20(21,22)23/h2-6,11-12,16H,7-10,13H2,1H3,(H,25,27). The van der Waals surface area contributed by atoms with Crippen LogP contribution in [0, 0.1) is 6.92 Å². The highest BCUT2D eigenvalue weighted by Gasteiger charge is 2.31. The topological polar surface area (TPSA) is 54.5 Å². The van der Waals surface area contributed by atoms with E-state index in [1.54, 1.807) is 6.07 Å². The molecule has 0 unspecified atom stereocenters. The summed E-state index contributed by atoms with van der Waals surface area (Å²) in [7, 11) is 0. The Morgan fingerprint density at radius 2 is 2.00 bits per heavy atom. The van der Waals surface area contributed by atoms with Gasteiger partial charge >= 0.3 is 6.18 Å². The zero-order valence-corrected chi connectivity index (χ0v) is 15.5. The number of nitrogens with zero attached hydrogens (tertiary/aromatic N) is 2. The lowest BCUT2D eigenvalue weighted by atomic mass is 10.0. The fraction of sp³-hybridized carbons (Fsp3) is 0.400. The van der Waals surface area contributed by atoms with Gasteiger partial charge in [-0.1, -0.05) is 12.1 Å². The fourth-order valence-corrected chi connectivity index (χ4v) is 3.12. The molecule has 3 rings (SSSR count). The maximum atomic E-state index is 12.6. The van der Waals surface area contributed by atoms with Gasteiger partial charge in [0.1, 0.15) is 11.6 Å². The maximum absolute atomic E-state index is 12.6. The number of benzene rings is 1. The first kappa shape index (κ1) is 20.0. The largest absolute Gasteiger partial charge is 0.484 e. The minimum atomic E-state index is -4.39. The second-order valence-electron chi connectivity index (χ2n) is 6.84. The van der Waals surface area contributed by atoms with E-state index in [1.165, 1.54) is 6.07 Å². The van der Waals surface area contributed by atoms with Crippen molar-refractivity contribution in [3.05, 3.63) is 53.7 Å². The van der Waals surface area contributed by atoms with Crippen molar-refractivity contribution in [3.8, 4) is 5.75 Å². The van der Waals surface area contributed by atoms with E-state index < -0.39 is 11.7 Å². The molecular formula is C20H22F3N3O2. The second kappa shape index (κ2) is 8.50. The summed E-state index contributed by atoms with van der Waals surface area (Å²) >= 11 is 0. The zero-order valence-electron chi connectivity index (χ0n) is 15.5. The zero-order chi connectivity index (χ0) is 20.1. The molecule has 0 atom stereocenters. The molecule has 8 heteroatoms. The molecule has 150 valence electrons. The SMILES string of the molecule is Cc1cccc(OCC(=O)NC2CCN(c3ccc(C(F)(F)F)cn3)CC2)c1. The van der Waals surface area contributed by atoms with Crippen LogP contribution in [0.1, 0.15) is 24.0 Å². The van der Waals surface area contributed by atoms with Crippen molar-refractivity contribution < 1.29 is 22.7 Å². The molecule has 0 spiro atoms. The molecule has 1 aliphatic heterocycles.